The van der Waals surface area contributed by atoms with Crippen LogP contribution >= 0.6 is 11.3 Å². The van der Waals surface area contributed by atoms with Gasteiger partial charge in [-0.1, -0.05) is 6.07 Å². The summed E-state index contributed by atoms with van der Waals surface area (Å²) < 4.78 is 4.82. The van der Waals surface area contributed by atoms with Crippen molar-refractivity contribution in [2.45, 2.75) is 20.4 Å². The molecule has 0 radical (unpaired) electrons. The van der Waals surface area contributed by atoms with E-state index in [0.717, 1.165) is 32.7 Å². The number of piperazine rings is 1. The minimum atomic E-state index is -0.395. The van der Waals surface area contributed by atoms with E-state index < -0.39 is 5.97 Å². The normalized spacial score (nSPS) is 20.1. The molecular formula is C19H27N3O3S+2. The van der Waals surface area contributed by atoms with Gasteiger partial charge in [-0.2, -0.15) is 0 Å². The quantitative estimate of drug-likeness (QED) is 0.476. The molecular weight excluding hydrogens is 350 g/mol. The number of Topliss-reactive ketones (excluding diaryl/α,β-unsaturated/α-hetero) is 1. The number of thiophene rings is 1. The number of ketones is 1. The lowest BCUT2D eigenvalue weighted by molar-refractivity contribution is -1.01. The lowest BCUT2D eigenvalue weighted by Crippen LogP contribution is -3.27. The Labute approximate surface area is 157 Å². The van der Waals surface area contributed by atoms with Gasteiger partial charge in [-0.3, -0.25) is 4.79 Å². The molecule has 2 aromatic heterocycles. The fraction of sp³-hybridized carbons (Fsp3) is 0.474. The summed E-state index contributed by atoms with van der Waals surface area (Å²) in [6, 6.07) is 4.29. The third-order valence-corrected chi connectivity index (χ3v) is 6.06. The summed E-state index contributed by atoms with van der Waals surface area (Å²) in [4.78, 5) is 32.0. The number of nitrogens with one attached hydrogen (secondary N) is 3. The Morgan fingerprint density at radius 3 is 2.50 bits per heavy atom. The zero-order valence-corrected chi connectivity index (χ0v) is 16.4. The van der Waals surface area contributed by atoms with Crippen LogP contribution in [0, 0.1) is 13.8 Å². The van der Waals surface area contributed by atoms with Crippen molar-refractivity contribution in [3.63, 3.8) is 0 Å². The number of carbonyl (C=O) groups excluding carboxylic acids is 2. The Bertz CT molecular complexity index is 774. The zero-order chi connectivity index (χ0) is 18.7. The molecule has 26 heavy (non-hydrogen) atoms. The second-order valence-electron chi connectivity index (χ2n) is 6.97. The van der Waals surface area contributed by atoms with Crippen molar-refractivity contribution >= 4 is 23.1 Å². The van der Waals surface area contributed by atoms with Crippen LogP contribution in [0.3, 0.4) is 0 Å². The maximum Gasteiger partial charge on any atom is 0.339 e. The van der Waals surface area contributed by atoms with Gasteiger partial charge in [-0.25, -0.2) is 4.79 Å². The highest BCUT2D eigenvalue weighted by atomic mass is 32.1. The third kappa shape index (κ3) is 4.06. The lowest BCUT2D eigenvalue weighted by Gasteiger charge is -2.29. The van der Waals surface area contributed by atoms with Crippen LogP contribution in [0.5, 0.6) is 0 Å². The smallest absolute Gasteiger partial charge is 0.339 e. The van der Waals surface area contributed by atoms with Crippen LogP contribution in [-0.2, 0) is 11.3 Å². The summed E-state index contributed by atoms with van der Waals surface area (Å²) in [5.74, 6) is -0.328. The van der Waals surface area contributed by atoms with E-state index >= 15 is 0 Å². The molecule has 0 saturated carbocycles. The van der Waals surface area contributed by atoms with Crippen molar-refractivity contribution in [2.24, 2.45) is 0 Å². The molecule has 1 aliphatic heterocycles. The van der Waals surface area contributed by atoms with Gasteiger partial charge in [0.25, 0.3) is 0 Å². The number of esters is 1. The molecule has 3 rings (SSSR count). The summed E-state index contributed by atoms with van der Waals surface area (Å²) >= 11 is 1.81. The fourth-order valence-electron chi connectivity index (χ4n) is 3.72. The summed E-state index contributed by atoms with van der Waals surface area (Å²) in [6.45, 7) is 9.30. The molecule has 0 bridgehead atoms. The highest BCUT2D eigenvalue weighted by Gasteiger charge is 2.28. The lowest BCUT2D eigenvalue weighted by atomic mass is 10.1. The van der Waals surface area contributed by atoms with Gasteiger partial charge in [0.2, 0.25) is 5.78 Å². The number of methoxy groups -OCH3 is 1. The van der Waals surface area contributed by atoms with Gasteiger partial charge < -0.3 is 19.5 Å². The first-order valence-corrected chi connectivity index (χ1v) is 9.87. The van der Waals surface area contributed by atoms with Crippen LogP contribution in [0.2, 0.25) is 0 Å². The molecule has 6 nitrogen and oxygen atoms in total. The number of hydrogen-bond acceptors (Lipinski definition) is 4. The van der Waals surface area contributed by atoms with Crippen LogP contribution in [-0.4, -0.2) is 56.6 Å². The minimum absolute atomic E-state index is 0.0671. The van der Waals surface area contributed by atoms with E-state index in [2.05, 4.69) is 22.5 Å². The number of hydrogen-bond donors (Lipinski definition) is 3. The molecule has 0 aromatic carbocycles. The number of aromatic nitrogens is 1. The number of carbonyl (C=O) groups is 2. The Balaban J connectivity index is 1.57. The second kappa shape index (κ2) is 8.16. The molecule has 0 atom stereocenters. The number of ether oxygens (including phenoxy) is 1. The maximum atomic E-state index is 12.7. The number of H-pyrrole nitrogens is 1. The van der Waals surface area contributed by atoms with E-state index in [1.54, 1.807) is 18.7 Å². The molecule has 0 spiro atoms. The van der Waals surface area contributed by atoms with E-state index in [4.69, 9.17) is 4.74 Å². The van der Waals surface area contributed by atoms with Gasteiger partial charge in [-0.15, -0.1) is 11.3 Å². The topological polar surface area (TPSA) is 68.0 Å². The molecule has 2 aromatic rings. The summed E-state index contributed by atoms with van der Waals surface area (Å²) in [5, 5.41) is 2.12. The van der Waals surface area contributed by atoms with E-state index in [1.165, 1.54) is 16.9 Å². The van der Waals surface area contributed by atoms with Crippen molar-refractivity contribution in [3.05, 3.63) is 44.9 Å². The van der Waals surface area contributed by atoms with Crippen molar-refractivity contribution in [1.82, 2.24) is 4.98 Å². The van der Waals surface area contributed by atoms with Crippen LogP contribution < -0.4 is 9.80 Å². The van der Waals surface area contributed by atoms with Gasteiger partial charge in [0.05, 0.1) is 23.2 Å². The van der Waals surface area contributed by atoms with E-state index in [9.17, 15) is 9.59 Å². The number of rotatable bonds is 6. The van der Waals surface area contributed by atoms with E-state index in [-0.39, 0.29) is 5.78 Å². The summed E-state index contributed by atoms with van der Waals surface area (Å²) in [5.41, 5.74) is 2.42. The van der Waals surface area contributed by atoms with E-state index in [0.29, 0.717) is 29.1 Å². The van der Waals surface area contributed by atoms with Crippen LogP contribution in [0.4, 0.5) is 0 Å². The fourth-order valence-corrected chi connectivity index (χ4v) is 4.50. The number of aromatic amines is 1. The van der Waals surface area contributed by atoms with Crippen LogP contribution in [0.25, 0.3) is 0 Å². The molecule has 0 unspecified atom stereocenters. The molecule has 1 fully saturated rings. The number of quaternary nitrogens is 2. The first kappa shape index (κ1) is 18.8. The average molecular weight is 378 g/mol. The first-order valence-electron chi connectivity index (χ1n) is 8.99. The molecule has 1 saturated heterocycles. The SMILES string of the molecule is COC(=O)c1c(C)[nH]c(C(=O)C[NH+]2CC[NH+](Cc3cccs3)CC2)c1C. The zero-order valence-electron chi connectivity index (χ0n) is 15.6. The Hall–Kier alpha value is -1.96. The Morgan fingerprint density at radius 1 is 1.19 bits per heavy atom. The monoisotopic (exact) mass is 377 g/mol. The van der Waals surface area contributed by atoms with Crippen molar-refractivity contribution < 1.29 is 24.1 Å². The number of aryl methyl sites for hydroxylation is 1. The van der Waals surface area contributed by atoms with Crippen molar-refractivity contribution in [2.75, 3.05) is 39.8 Å². The van der Waals surface area contributed by atoms with Gasteiger partial charge in [0, 0.05) is 5.69 Å². The average Bonchev–Trinajstić information content (AvgIpc) is 3.24. The van der Waals surface area contributed by atoms with E-state index in [1.807, 2.05) is 11.3 Å². The van der Waals surface area contributed by atoms with Gasteiger partial charge in [-0.05, 0) is 30.9 Å². The predicted molar refractivity (Wildman–Crippen MR) is 100 cm³/mol. The predicted octanol–water partition coefficient (Wildman–Crippen LogP) is -0.354. The Morgan fingerprint density at radius 2 is 1.88 bits per heavy atom. The van der Waals surface area contributed by atoms with Crippen molar-refractivity contribution in [1.29, 1.82) is 0 Å². The van der Waals surface area contributed by atoms with Gasteiger partial charge >= 0.3 is 5.97 Å². The third-order valence-electron chi connectivity index (χ3n) is 5.18. The molecule has 140 valence electrons. The second-order valence-corrected chi connectivity index (χ2v) is 8.00. The van der Waals surface area contributed by atoms with Crippen LogP contribution in [0.1, 0.15) is 37.0 Å². The standard InChI is InChI=1S/C19H25N3O3S/c1-13-17(19(24)25-3)14(2)20-18(13)16(23)12-22-8-6-21(7-9-22)11-15-5-4-10-26-15/h4-5,10,20H,6-9,11-12H2,1-3H3/p+2. The molecule has 3 N–H and O–H groups in total. The molecule has 3 heterocycles. The maximum absolute atomic E-state index is 12.7. The molecule has 1 aliphatic rings. The Kier molecular flexibility index (Phi) is 5.90. The highest BCUT2D eigenvalue weighted by molar-refractivity contribution is 7.09. The molecule has 0 amide bonds. The van der Waals surface area contributed by atoms with Crippen LogP contribution in [0.15, 0.2) is 17.5 Å². The van der Waals surface area contributed by atoms with Crippen molar-refractivity contribution in [3.8, 4) is 0 Å². The summed E-state index contributed by atoms with van der Waals surface area (Å²) in [6.07, 6.45) is 0. The summed E-state index contributed by atoms with van der Waals surface area (Å²) in [7, 11) is 1.36. The largest absolute Gasteiger partial charge is 0.465 e. The van der Waals surface area contributed by atoms with Gasteiger partial charge in [0.15, 0.2) is 0 Å². The minimum Gasteiger partial charge on any atom is -0.465 e. The highest BCUT2D eigenvalue weighted by Crippen LogP contribution is 2.18. The molecule has 7 heteroatoms. The first-order chi connectivity index (χ1) is 12.5. The molecule has 0 aliphatic carbocycles. The van der Waals surface area contributed by atoms with Gasteiger partial charge in [0.1, 0.15) is 39.3 Å².